The fourth-order valence-corrected chi connectivity index (χ4v) is 12.6. The van der Waals surface area contributed by atoms with E-state index in [9.17, 15) is 14.7 Å². The van der Waals surface area contributed by atoms with E-state index in [2.05, 4.69) is 76.2 Å². The molecule has 1 unspecified atom stereocenters. The SMILES string of the molecule is CCC(CO[Si](c1ccccc1)(c1ccccc1)C(C)(C)C)N1C(=O)[C@@](C)(CC(=O)O)C[C@H](c2cccc(Cl)c2)[C@H]1c1ccc(Cl)cc1. The summed E-state index contributed by atoms with van der Waals surface area (Å²) in [6.45, 7) is 10.9. The van der Waals surface area contributed by atoms with Crippen LogP contribution in [-0.4, -0.2) is 42.8 Å². The van der Waals surface area contributed by atoms with Gasteiger partial charge in [-0.25, -0.2) is 0 Å². The molecule has 0 aromatic heterocycles. The van der Waals surface area contributed by atoms with Crippen LogP contribution in [0.4, 0.5) is 0 Å². The number of benzene rings is 4. The average Bonchev–Trinajstić information content (AvgIpc) is 3.05. The highest BCUT2D eigenvalue weighted by atomic mass is 35.5. The zero-order valence-electron chi connectivity index (χ0n) is 28.3. The first-order valence-electron chi connectivity index (χ1n) is 16.6. The molecular formula is C40H45Cl2NO4Si. The predicted molar refractivity (Wildman–Crippen MR) is 198 cm³/mol. The van der Waals surface area contributed by atoms with E-state index < -0.39 is 25.7 Å². The summed E-state index contributed by atoms with van der Waals surface area (Å²) in [5, 5.41) is 13.3. The summed E-state index contributed by atoms with van der Waals surface area (Å²) < 4.78 is 7.42. The Balaban J connectivity index is 1.68. The van der Waals surface area contributed by atoms with E-state index in [0.717, 1.165) is 21.5 Å². The molecule has 0 saturated carbocycles. The third kappa shape index (κ3) is 7.13. The highest BCUT2D eigenvalue weighted by molar-refractivity contribution is 6.99. The van der Waals surface area contributed by atoms with E-state index in [-0.39, 0.29) is 35.9 Å². The lowest BCUT2D eigenvalue weighted by molar-refractivity contribution is -0.161. The number of amides is 1. The molecule has 252 valence electrons. The van der Waals surface area contributed by atoms with Crippen LogP contribution in [0.2, 0.25) is 15.1 Å². The van der Waals surface area contributed by atoms with Crippen molar-refractivity contribution in [2.24, 2.45) is 5.41 Å². The summed E-state index contributed by atoms with van der Waals surface area (Å²) in [6.07, 6.45) is 0.687. The van der Waals surface area contributed by atoms with E-state index >= 15 is 0 Å². The van der Waals surface area contributed by atoms with Gasteiger partial charge in [0, 0.05) is 16.0 Å². The number of likely N-dealkylation sites (tertiary alicyclic amines) is 1. The fraction of sp³-hybridized carbons (Fsp3) is 0.350. The number of hydrogen-bond donors (Lipinski definition) is 1. The molecule has 0 bridgehead atoms. The van der Waals surface area contributed by atoms with Crippen molar-refractivity contribution >= 4 is 53.8 Å². The Kier molecular flexibility index (Phi) is 10.9. The second kappa shape index (κ2) is 14.6. The molecule has 5 rings (SSSR count). The maximum Gasteiger partial charge on any atom is 0.304 e. The summed E-state index contributed by atoms with van der Waals surface area (Å²) in [5.74, 6) is -1.41. The van der Waals surface area contributed by atoms with Crippen LogP contribution in [0.25, 0.3) is 0 Å². The van der Waals surface area contributed by atoms with E-state index in [1.165, 1.54) is 0 Å². The lowest BCUT2D eigenvalue weighted by Gasteiger charge is -2.52. The quantitative estimate of drug-likeness (QED) is 0.159. The molecule has 4 aromatic rings. The van der Waals surface area contributed by atoms with Gasteiger partial charge in [0.15, 0.2) is 0 Å². The highest BCUT2D eigenvalue weighted by Crippen LogP contribution is 2.52. The van der Waals surface area contributed by atoms with E-state index in [0.29, 0.717) is 22.9 Å². The van der Waals surface area contributed by atoms with Gasteiger partial charge in [0.05, 0.1) is 30.5 Å². The highest BCUT2D eigenvalue weighted by Gasteiger charge is 2.54. The first-order valence-corrected chi connectivity index (χ1v) is 19.3. The number of aliphatic carboxylic acids is 1. The van der Waals surface area contributed by atoms with Crippen LogP contribution in [0.3, 0.4) is 0 Å². The topological polar surface area (TPSA) is 66.8 Å². The minimum atomic E-state index is -2.94. The van der Waals surface area contributed by atoms with Crippen LogP contribution < -0.4 is 10.4 Å². The Bertz CT molecular complexity index is 1670. The molecule has 1 amide bonds. The Morgan fingerprint density at radius 1 is 0.896 bits per heavy atom. The van der Waals surface area contributed by atoms with Crippen molar-refractivity contribution in [1.29, 1.82) is 0 Å². The van der Waals surface area contributed by atoms with Gasteiger partial charge < -0.3 is 14.4 Å². The number of piperidine rings is 1. The van der Waals surface area contributed by atoms with Crippen molar-refractivity contribution in [2.45, 2.75) is 76.9 Å². The number of carboxylic acid groups (broad SMARTS) is 1. The van der Waals surface area contributed by atoms with Crippen LogP contribution in [0.15, 0.2) is 109 Å². The Labute approximate surface area is 296 Å². The number of carbonyl (C=O) groups is 2. The zero-order valence-corrected chi connectivity index (χ0v) is 30.8. The van der Waals surface area contributed by atoms with Gasteiger partial charge in [0.25, 0.3) is 8.32 Å². The van der Waals surface area contributed by atoms with Gasteiger partial charge >= 0.3 is 5.97 Å². The molecule has 0 radical (unpaired) electrons. The monoisotopic (exact) mass is 701 g/mol. The van der Waals surface area contributed by atoms with Gasteiger partial charge in [-0.05, 0) is 63.6 Å². The average molecular weight is 703 g/mol. The van der Waals surface area contributed by atoms with Crippen LogP contribution >= 0.6 is 23.2 Å². The maximum atomic E-state index is 14.9. The van der Waals surface area contributed by atoms with Crippen LogP contribution in [0.1, 0.15) is 77.0 Å². The molecule has 0 aliphatic carbocycles. The molecule has 1 N–H and O–H groups in total. The van der Waals surface area contributed by atoms with Crippen LogP contribution in [0, 0.1) is 5.41 Å². The van der Waals surface area contributed by atoms with Gasteiger partial charge in [-0.2, -0.15) is 0 Å². The standard InChI is InChI=1S/C40H45Cl2NO4Si/c1-6-32(27-47-48(39(2,3)4,33-16-9-7-10-17-33)34-18-11-8-12-19-34)43-37(28-20-22-30(41)23-21-28)35(29-14-13-15-31(42)24-29)25-40(5,38(43)46)26-36(44)45/h7-24,32,35,37H,6,25-27H2,1-5H3,(H,44,45)/t32?,35-,37-,40-/m1/s1. The summed E-state index contributed by atoms with van der Waals surface area (Å²) >= 11 is 12.9. The van der Waals surface area contributed by atoms with Crippen molar-refractivity contribution in [1.82, 2.24) is 4.90 Å². The number of carboxylic acids is 1. The van der Waals surface area contributed by atoms with Crippen molar-refractivity contribution in [3.8, 4) is 0 Å². The molecule has 1 heterocycles. The molecule has 48 heavy (non-hydrogen) atoms. The fourth-order valence-electron chi connectivity index (χ4n) is 7.66. The summed E-state index contributed by atoms with van der Waals surface area (Å²) in [5.41, 5.74) is 0.741. The minimum Gasteiger partial charge on any atom is -0.481 e. The zero-order chi connectivity index (χ0) is 34.7. The maximum absolute atomic E-state index is 14.9. The van der Waals surface area contributed by atoms with E-state index in [1.54, 1.807) is 6.92 Å². The van der Waals surface area contributed by atoms with Crippen molar-refractivity contribution in [3.63, 3.8) is 0 Å². The van der Waals surface area contributed by atoms with Gasteiger partial charge in [-0.1, -0.05) is 143 Å². The largest absolute Gasteiger partial charge is 0.481 e. The van der Waals surface area contributed by atoms with Gasteiger partial charge in [0.1, 0.15) is 0 Å². The molecular weight excluding hydrogens is 657 g/mol. The minimum absolute atomic E-state index is 0.180. The molecule has 4 atom stereocenters. The van der Waals surface area contributed by atoms with E-state index in [1.807, 2.05) is 65.6 Å². The second-order valence-electron chi connectivity index (χ2n) is 14.2. The number of nitrogens with zero attached hydrogens (tertiary/aromatic N) is 1. The summed E-state index contributed by atoms with van der Waals surface area (Å²) in [7, 11) is -2.94. The Hall–Kier alpha value is -3.42. The third-order valence-electron chi connectivity index (χ3n) is 9.91. The molecule has 5 nitrogen and oxygen atoms in total. The second-order valence-corrected chi connectivity index (χ2v) is 19.4. The van der Waals surface area contributed by atoms with E-state index in [4.69, 9.17) is 27.6 Å². The predicted octanol–water partition coefficient (Wildman–Crippen LogP) is 8.89. The first-order chi connectivity index (χ1) is 22.8. The molecule has 8 heteroatoms. The number of hydrogen-bond acceptors (Lipinski definition) is 3. The molecule has 1 fully saturated rings. The van der Waals surface area contributed by atoms with Gasteiger partial charge in [-0.3, -0.25) is 9.59 Å². The molecule has 1 aliphatic heterocycles. The smallest absolute Gasteiger partial charge is 0.304 e. The molecule has 0 spiro atoms. The van der Waals surface area contributed by atoms with Gasteiger partial charge in [0.2, 0.25) is 5.91 Å². The van der Waals surface area contributed by atoms with Crippen molar-refractivity contribution in [2.75, 3.05) is 6.61 Å². The summed E-state index contributed by atoms with van der Waals surface area (Å²) in [4.78, 5) is 29.2. The lowest BCUT2D eigenvalue weighted by atomic mass is 9.67. The Morgan fingerprint density at radius 3 is 1.98 bits per heavy atom. The summed E-state index contributed by atoms with van der Waals surface area (Å²) in [6, 6.07) is 35.5. The van der Waals surface area contributed by atoms with Crippen LogP contribution in [0.5, 0.6) is 0 Å². The van der Waals surface area contributed by atoms with Crippen molar-refractivity contribution in [3.05, 3.63) is 130 Å². The molecule has 1 aliphatic rings. The lowest BCUT2D eigenvalue weighted by Crippen LogP contribution is -2.67. The molecule has 4 aromatic carbocycles. The Morgan fingerprint density at radius 2 is 1.48 bits per heavy atom. The normalized spacial score (nSPS) is 20.8. The number of rotatable bonds is 11. The third-order valence-corrected chi connectivity index (χ3v) is 15.4. The van der Waals surface area contributed by atoms with Crippen molar-refractivity contribution < 1.29 is 19.1 Å². The number of halogens is 2. The molecule has 1 saturated heterocycles. The van der Waals surface area contributed by atoms with Crippen LogP contribution in [-0.2, 0) is 14.0 Å². The number of carbonyl (C=O) groups excluding carboxylic acids is 1. The van der Waals surface area contributed by atoms with Gasteiger partial charge in [-0.15, -0.1) is 0 Å². The first kappa shape index (κ1) is 35.9.